The van der Waals surface area contributed by atoms with Crippen molar-refractivity contribution in [3.63, 3.8) is 0 Å². The van der Waals surface area contributed by atoms with E-state index in [2.05, 4.69) is 25.1 Å². The van der Waals surface area contributed by atoms with Crippen molar-refractivity contribution in [2.45, 2.75) is 12.7 Å². The third kappa shape index (κ3) is 4.32. The van der Waals surface area contributed by atoms with Gasteiger partial charge >= 0.3 is 12.1 Å². The van der Waals surface area contributed by atoms with Gasteiger partial charge < -0.3 is 10.1 Å². The Labute approximate surface area is 174 Å². The molecule has 2 aromatic heterocycles. The molecule has 4 rings (SSSR count). The lowest BCUT2D eigenvalue weighted by molar-refractivity contribution is -0.144. The van der Waals surface area contributed by atoms with Crippen molar-refractivity contribution in [1.82, 2.24) is 19.7 Å². The number of alkyl halides is 3. The standard InChI is InChI=1S/C21H16F3N5O2/c1-31-19(30)14-7-9-15(10-8-14)26-17-16-11-25-29(12-13-5-3-2-4-6-13)18(16)28-20(27-17)21(22,23)24/h2-11H,12H2,1H3,(H,26,27,28). The molecule has 7 nitrogen and oxygen atoms in total. The number of hydrogen-bond donors (Lipinski definition) is 1. The van der Waals surface area contributed by atoms with Gasteiger partial charge in [-0.15, -0.1) is 0 Å². The van der Waals surface area contributed by atoms with E-state index in [0.29, 0.717) is 16.6 Å². The fraction of sp³-hybridized carbons (Fsp3) is 0.143. The highest BCUT2D eigenvalue weighted by molar-refractivity contribution is 5.91. The first-order valence-corrected chi connectivity index (χ1v) is 9.15. The molecule has 10 heteroatoms. The zero-order valence-electron chi connectivity index (χ0n) is 16.2. The number of carbonyl (C=O) groups is 1. The minimum Gasteiger partial charge on any atom is -0.465 e. The predicted octanol–water partition coefficient (Wildman–Crippen LogP) is 4.42. The molecular weight excluding hydrogens is 411 g/mol. The van der Waals surface area contributed by atoms with Crippen LogP contribution in [0.1, 0.15) is 21.7 Å². The Bertz CT molecular complexity index is 1220. The largest absolute Gasteiger partial charge is 0.465 e. The molecule has 0 bridgehead atoms. The molecule has 0 radical (unpaired) electrons. The van der Waals surface area contributed by atoms with E-state index in [1.165, 1.54) is 30.1 Å². The number of benzene rings is 2. The average Bonchev–Trinajstić information content (AvgIpc) is 3.17. The molecule has 0 fully saturated rings. The quantitative estimate of drug-likeness (QED) is 0.475. The van der Waals surface area contributed by atoms with E-state index in [1.807, 2.05) is 30.3 Å². The maximum absolute atomic E-state index is 13.4. The molecule has 0 aliphatic carbocycles. The van der Waals surface area contributed by atoms with Gasteiger partial charge in [0.15, 0.2) is 5.65 Å². The van der Waals surface area contributed by atoms with Gasteiger partial charge in [0.05, 0.1) is 30.8 Å². The minimum atomic E-state index is -4.73. The number of halogens is 3. The monoisotopic (exact) mass is 427 g/mol. The van der Waals surface area contributed by atoms with Crippen LogP contribution in [-0.2, 0) is 17.5 Å². The van der Waals surface area contributed by atoms with Crippen LogP contribution in [0, 0.1) is 0 Å². The van der Waals surface area contributed by atoms with Crippen molar-refractivity contribution < 1.29 is 22.7 Å². The van der Waals surface area contributed by atoms with Crippen molar-refractivity contribution in [1.29, 1.82) is 0 Å². The number of anilines is 2. The van der Waals surface area contributed by atoms with Gasteiger partial charge in [-0.2, -0.15) is 18.3 Å². The molecular formula is C21H16F3N5O2. The molecule has 31 heavy (non-hydrogen) atoms. The van der Waals surface area contributed by atoms with Gasteiger partial charge in [-0.3, -0.25) is 0 Å². The Balaban J connectivity index is 1.74. The third-order valence-electron chi connectivity index (χ3n) is 4.49. The molecule has 2 aromatic carbocycles. The fourth-order valence-corrected chi connectivity index (χ4v) is 2.99. The normalized spacial score (nSPS) is 11.5. The van der Waals surface area contributed by atoms with Crippen molar-refractivity contribution >= 4 is 28.5 Å². The molecule has 0 spiro atoms. The van der Waals surface area contributed by atoms with E-state index < -0.39 is 18.0 Å². The van der Waals surface area contributed by atoms with Crippen LogP contribution in [-0.4, -0.2) is 32.8 Å². The number of aromatic nitrogens is 4. The number of methoxy groups -OCH3 is 1. The lowest BCUT2D eigenvalue weighted by Gasteiger charge is -2.12. The summed E-state index contributed by atoms with van der Waals surface area (Å²) in [6.45, 7) is 0.256. The van der Waals surface area contributed by atoms with Crippen molar-refractivity contribution in [2.75, 3.05) is 12.4 Å². The number of ether oxygens (including phenoxy) is 1. The number of carbonyl (C=O) groups excluding carboxylic acids is 1. The molecule has 0 saturated heterocycles. The second-order valence-electron chi connectivity index (χ2n) is 6.61. The summed E-state index contributed by atoms with van der Waals surface area (Å²) < 4.78 is 46.4. The van der Waals surface area contributed by atoms with Crippen molar-refractivity contribution in [2.24, 2.45) is 0 Å². The Morgan fingerprint density at radius 3 is 2.42 bits per heavy atom. The zero-order valence-corrected chi connectivity index (χ0v) is 16.2. The first-order chi connectivity index (χ1) is 14.8. The number of hydrogen-bond acceptors (Lipinski definition) is 6. The molecule has 0 saturated carbocycles. The Hall–Kier alpha value is -3.95. The topological polar surface area (TPSA) is 81.9 Å². The van der Waals surface area contributed by atoms with Gasteiger partial charge in [-0.05, 0) is 29.8 Å². The van der Waals surface area contributed by atoms with Crippen LogP contribution >= 0.6 is 0 Å². The van der Waals surface area contributed by atoms with Crippen LogP contribution in [0.2, 0.25) is 0 Å². The van der Waals surface area contributed by atoms with Crippen LogP contribution in [0.25, 0.3) is 11.0 Å². The number of fused-ring (bicyclic) bond motifs is 1. The predicted molar refractivity (Wildman–Crippen MR) is 107 cm³/mol. The number of nitrogens with one attached hydrogen (secondary N) is 1. The number of rotatable bonds is 5. The van der Waals surface area contributed by atoms with E-state index in [0.717, 1.165) is 5.56 Å². The van der Waals surface area contributed by atoms with E-state index in [-0.39, 0.29) is 18.0 Å². The molecule has 0 aliphatic rings. The van der Waals surface area contributed by atoms with Gasteiger partial charge in [-0.1, -0.05) is 30.3 Å². The fourth-order valence-electron chi connectivity index (χ4n) is 2.99. The van der Waals surface area contributed by atoms with E-state index in [1.54, 1.807) is 12.1 Å². The summed E-state index contributed by atoms with van der Waals surface area (Å²) in [5, 5.41) is 7.41. The molecule has 2 heterocycles. The third-order valence-corrected chi connectivity index (χ3v) is 4.49. The summed E-state index contributed by atoms with van der Waals surface area (Å²) in [4.78, 5) is 19.0. The van der Waals surface area contributed by atoms with Crippen molar-refractivity contribution in [3.8, 4) is 0 Å². The maximum atomic E-state index is 13.4. The first kappa shape index (κ1) is 20.3. The highest BCUT2D eigenvalue weighted by atomic mass is 19.4. The number of esters is 1. The molecule has 1 N–H and O–H groups in total. The summed E-state index contributed by atoms with van der Waals surface area (Å²) >= 11 is 0. The van der Waals surface area contributed by atoms with Crippen molar-refractivity contribution in [3.05, 3.63) is 77.7 Å². The molecule has 0 unspecified atom stereocenters. The SMILES string of the molecule is COC(=O)c1ccc(Nc2nc(C(F)(F)F)nc3c2cnn3Cc2ccccc2)cc1. The first-order valence-electron chi connectivity index (χ1n) is 9.15. The minimum absolute atomic E-state index is 0.0394. The van der Waals surface area contributed by atoms with Crippen LogP contribution in [0.4, 0.5) is 24.7 Å². The van der Waals surface area contributed by atoms with Gasteiger partial charge in [-0.25, -0.2) is 19.4 Å². The molecule has 0 amide bonds. The van der Waals surface area contributed by atoms with Crippen LogP contribution < -0.4 is 5.32 Å². The Morgan fingerprint density at radius 2 is 1.77 bits per heavy atom. The summed E-state index contributed by atoms with van der Waals surface area (Å²) in [5.41, 5.74) is 1.68. The average molecular weight is 427 g/mol. The smallest absolute Gasteiger partial charge is 0.451 e. The van der Waals surface area contributed by atoms with Gasteiger partial charge in [0, 0.05) is 5.69 Å². The molecule has 0 aliphatic heterocycles. The second kappa shape index (κ2) is 8.05. The van der Waals surface area contributed by atoms with Crippen LogP contribution in [0.5, 0.6) is 0 Å². The summed E-state index contributed by atoms with van der Waals surface area (Å²) in [5.74, 6) is -1.83. The van der Waals surface area contributed by atoms with E-state index in [9.17, 15) is 18.0 Å². The van der Waals surface area contributed by atoms with Gasteiger partial charge in [0.1, 0.15) is 5.82 Å². The highest BCUT2D eigenvalue weighted by Crippen LogP contribution is 2.31. The van der Waals surface area contributed by atoms with Gasteiger partial charge in [0.25, 0.3) is 0 Å². The van der Waals surface area contributed by atoms with E-state index in [4.69, 9.17) is 0 Å². The summed E-state index contributed by atoms with van der Waals surface area (Å²) in [6.07, 6.45) is -3.31. The molecule has 4 aromatic rings. The second-order valence-corrected chi connectivity index (χ2v) is 6.61. The van der Waals surface area contributed by atoms with Gasteiger partial charge in [0.2, 0.25) is 5.82 Å². The molecule has 0 atom stereocenters. The summed E-state index contributed by atoms with van der Waals surface area (Å²) in [6, 6.07) is 15.3. The zero-order chi connectivity index (χ0) is 22.0. The van der Waals surface area contributed by atoms with E-state index >= 15 is 0 Å². The number of nitrogens with zero attached hydrogens (tertiary/aromatic N) is 4. The Morgan fingerprint density at radius 1 is 1.06 bits per heavy atom. The van der Waals surface area contributed by atoms with Crippen LogP contribution in [0.3, 0.4) is 0 Å². The lowest BCUT2D eigenvalue weighted by Crippen LogP contribution is -2.14. The lowest BCUT2D eigenvalue weighted by atomic mass is 10.2. The van der Waals surface area contributed by atoms with Crippen LogP contribution in [0.15, 0.2) is 60.8 Å². The Kier molecular flexibility index (Phi) is 5.28. The molecule has 158 valence electrons. The maximum Gasteiger partial charge on any atom is 0.451 e. The summed E-state index contributed by atoms with van der Waals surface area (Å²) in [7, 11) is 1.26. The highest BCUT2D eigenvalue weighted by Gasteiger charge is 2.36.